The number of ether oxygens (including phenoxy) is 1. The van der Waals surface area contributed by atoms with E-state index in [1.807, 2.05) is 0 Å². The van der Waals surface area contributed by atoms with E-state index in [1.54, 1.807) is 6.92 Å². The molecule has 0 aliphatic rings. The van der Waals surface area contributed by atoms with Gasteiger partial charge in [-0.1, -0.05) is 6.08 Å². The van der Waals surface area contributed by atoms with Crippen molar-refractivity contribution in [1.29, 1.82) is 0 Å². The Balaban J connectivity index is 4.16. The third kappa shape index (κ3) is 6.58. The molecule has 0 aromatic rings. The zero-order valence-corrected chi connectivity index (χ0v) is 9.36. The summed E-state index contributed by atoms with van der Waals surface area (Å²) in [6, 6.07) is -0.803. The highest BCUT2D eigenvalue weighted by Crippen LogP contribution is 1.94. The lowest BCUT2D eigenvalue weighted by molar-refractivity contribution is -0.137. The van der Waals surface area contributed by atoms with Gasteiger partial charge in [0.05, 0.1) is 6.61 Å². The van der Waals surface area contributed by atoms with E-state index in [2.05, 4.69) is 10.1 Å². The maximum absolute atomic E-state index is 10.9. The minimum Gasteiger partial charge on any atom is -0.463 e. The maximum Gasteiger partial charge on any atom is 0.330 e. The van der Waals surface area contributed by atoms with Crippen molar-refractivity contribution in [2.45, 2.75) is 26.3 Å². The molecule has 90 valence electrons. The first-order valence-electron chi connectivity index (χ1n) is 4.87. The van der Waals surface area contributed by atoms with Gasteiger partial charge in [0.1, 0.15) is 6.04 Å². The standard InChI is InChI=1S/C10H16N2O4/c1-3-16-9(14)6-4-5-8(10(11)15)12-7(2)13/h4,6,8H,3,5H2,1-2H3,(H2,11,15)(H,12,13)/b6-4+/t8-/m0/s1. The van der Waals surface area contributed by atoms with Crippen LogP contribution in [0.25, 0.3) is 0 Å². The van der Waals surface area contributed by atoms with Gasteiger partial charge in [-0.2, -0.15) is 0 Å². The Labute approximate surface area is 93.8 Å². The molecule has 1 atom stereocenters. The highest BCUT2D eigenvalue weighted by Gasteiger charge is 2.14. The van der Waals surface area contributed by atoms with Gasteiger partial charge in [0.15, 0.2) is 0 Å². The van der Waals surface area contributed by atoms with Crippen LogP contribution in [0.15, 0.2) is 12.2 Å². The Hall–Kier alpha value is -1.85. The summed E-state index contributed by atoms with van der Waals surface area (Å²) >= 11 is 0. The summed E-state index contributed by atoms with van der Waals surface area (Å²) in [5.74, 6) is -1.49. The molecule has 0 spiro atoms. The van der Waals surface area contributed by atoms with Crippen LogP contribution in [-0.4, -0.2) is 30.4 Å². The monoisotopic (exact) mass is 228 g/mol. The van der Waals surface area contributed by atoms with Crippen molar-refractivity contribution in [2.75, 3.05) is 6.61 Å². The summed E-state index contributed by atoms with van der Waals surface area (Å²) in [6.07, 6.45) is 2.79. The van der Waals surface area contributed by atoms with E-state index < -0.39 is 17.9 Å². The van der Waals surface area contributed by atoms with Gasteiger partial charge in [-0.15, -0.1) is 0 Å². The molecule has 0 aliphatic heterocycles. The van der Waals surface area contributed by atoms with Crippen LogP contribution in [-0.2, 0) is 19.1 Å². The third-order valence-corrected chi connectivity index (χ3v) is 1.63. The topological polar surface area (TPSA) is 98.5 Å². The molecule has 0 aromatic carbocycles. The fourth-order valence-corrected chi connectivity index (χ4v) is 0.982. The number of nitrogens with two attached hydrogens (primary N) is 1. The molecule has 6 heteroatoms. The maximum atomic E-state index is 10.9. The fraction of sp³-hybridized carbons (Fsp3) is 0.500. The minimum atomic E-state index is -0.803. The van der Waals surface area contributed by atoms with Crippen LogP contribution < -0.4 is 11.1 Å². The number of esters is 1. The Morgan fingerprint density at radius 3 is 2.50 bits per heavy atom. The number of hydrogen-bond donors (Lipinski definition) is 2. The second-order valence-electron chi connectivity index (χ2n) is 3.05. The minimum absolute atomic E-state index is 0.160. The van der Waals surface area contributed by atoms with Crippen molar-refractivity contribution in [1.82, 2.24) is 5.32 Å². The van der Waals surface area contributed by atoms with Crippen LogP contribution in [0.5, 0.6) is 0 Å². The molecule has 0 saturated carbocycles. The predicted molar refractivity (Wildman–Crippen MR) is 57.2 cm³/mol. The Bertz CT molecular complexity index is 299. The molecule has 0 rings (SSSR count). The van der Waals surface area contributed by atoms with Gasteiger partial charge < -0.3 is 15.8 Å². The van der Waals surface area contributed by atoms with Crippen LogP contribution >= 0.6 is 0 Å². The second-order valence-corrected chi connectivity index (χ2v) is 3.05. The van der Waals surface area contributed by atoms with Crippen molar-refractivity contribution >= 4 is 17.8 Å². The lowest BCUT2D eigenvalue weighted by Crippen LogP contribution is -2.43. The first-order chi connectivity index (χ1) is 7.47. The third-order valence-electron chi connectivity index (χ3n) is 1.63. The van der Waals surface area contributed by atoms with E-state index in [0.29, 0.717) is 0 Å². The van der Waals surface area contributed by atoms with Gasteiger partial charge in [-0.05, 0) is 13.3 Å². The molecule has 0 fully saturated rings. The van der Waals surface area contributed by atoms with Crippen molar-refractivity contribution in [2.24, 2.45) is 5.73 Å². The molecule has 0 saturated heterocycles. The van der Waals surface area contributed by atoms with Gasteiger partial charge in [0.2, 0.25) is 11.8 Å². The summed E-state index contributed by atoms with van der Waals surface area (Å²) in [4.78, 5) is 32.5. The van der Waals surface area contributed by atoms with Crippen molar-refractivity contribution < 1.29 is 19.1 Å². The summed E-state index contributed by atoms with van der Waals surface area (Å²) in [7, 11) is 0. The quantitative estimate of drug-likeness (QED) is 0.472. The number of carbonyl (C=O) groups excluding carboxylic acids is 3. The van der Waals surface area contributed by atoms with E-state index in [1.165, 1.54) is 19.1 Å². The fourth-order valence-electron chi connectivity index (χ4n) is 0.982. The molecule has 0 aromatic heterocycles. The molecule has 0 heterocycles. The first-order valence-corrected chi connectivity index (χ1v) is 4.87. The normalized spacial score (nSPS) is 12.1. The van der Waals surface area contributed by atoms with E-state index >= 15 is 0 Å². The largest absolute Gasteiger partial charge is 0.463 e. The van der Waals surface area contributed by atoms with Gasteiger partial charge in [0, 0.05) is 13.0 Å². The summed E-state index contributed by atoms with van der Waals surface area (Å²) in [5, 5.41) is 2.37. The Morgan fingerprint density at radius 2 is 2.06 bits per heavy atom. The van der Waals surface area contributed by atoms with Gasteiger partial charge in [0.25, 0.3) is 0 Å². The highest BCUT2D eigenvalue weighted by molar-refractivity contribution is 5.86. The molecule has 6 nitrogen and oxygen atoms in total. The molecule has 2 amide bonds. The molecule has 0 aliphatic carbocycles. The Morgan fingerprint density at radius 1 is 1.44 bits per heavy atom. The SMILES string of the molecule is CCOC(=O)/C=C/C[C@H](NC(C)=O)C(N)=O. The van der Waals surface area contributed by atoms with Gasteiger partial charge in [-0.25, -0.2) is 4.79 Å². The average molecular weight is 228 g/mol. The first kappa shape index (κ1) is 14.2. The number of primary amides is 1. The van der Waals surface area contributed by atoms with Crippen LogP contribution in [0.1, 0.15) is 20.3 Å². The zero-order chi connectivity index (χ0) is 12.6. The summed E-state index contributed by atoms with van der Waals surface area (Å²) < 4.78 is 4.64. The molecular weight excluding hydrogens is 212 g/mol. The number of nitrogens with one attached hydrogen (secondary N) is 1. The predicted octanol–water partition coefficient (Wildman–Crippen LogP) is -0.514. The second kappa shape index (κ2) is 7.44. The van der Waals surface area contributed by atoms with Gasteiger partial charge >= 0.3 is 5.97 Å². The number of rotatable bonds is 6. The summed E-state index contributed by atoms with van der Waals surface area (Å²) in [5.41, 5.74) is 5.06. The van der Waals surface area contributed by atoms with E-state index in [-0.39, 0.29) is 18.9 Å². The lowest BCUT2D eigenvalue weighted by Gasteiger charge is -2.11. The molecular formula is C10H16N2O4. The van der Waals surface area contributed by atoms with Crippen molar-refractivity contribution in [3.05, 3.63) is 12.2 Å². The van der Waals surface area contributed by atoms with Crippen molar-refractivity contribution in [3.63, 3.8) is 0 Å². The summed E-state index contributed by atoms with van der Waals surface area (Å²) in [6.45, 7) is 3.26. The number of hydrogen-bond acceptors (Lipinski definition) is 4. The zero-order valence-electron chi connectivity index (χ0n) is 9.36. The lowest BCUT2D eigenvalue weighted by atomic mass is 10.2. The number of amides is 2. The highest BCUT2D eigenvalue weighted by atomic mass is 16.5. The molecule has 0 unspecified atom stereocenters. The smallest absolute Gasteiger partial charge is 0.330 e. The average Bonchev–Trinajstić information content (AvgIpc) is 2.15. The molecule has 0 radical (unpaired) electrons. The van der Waals surface area contributed by atoms with E-state index in [4.69, 9.17) is 5.73 Å². The van der Waals surface area contributed by atoms with Crippen molar-refractivity contribution in [3.8, 4) is 0 Å². The van der Waals surface area contributed by atoms with Crippen LogP contribution in [0.3, 0.4) is 0 Å². The molecule has 3 N–H and O–H groups in total. The van der Waals surface area contributed by atoms with Crippen LogP contribution in [0, 0.1) is 0 Å². The Kier molecular flexibility index (Phi) is 6.58. The van der Waals surface area contributed by atoms with E-state index in [9.17, 15) is 14.4 Å². The number of carbonyl (C=O) groups is 3. The van der Waals surface area contributed by atoms with E-state index in [0.717, 1.165) is 0 Å². The van der Waals surface area contributed by atoms with Crippen LogP contribution in [0.2, 0.25) is 0 Å². The molecule has 0 bridgehead atoms. The van der Waals surface area contributed by atoms with Gasteiger partial charge in [-0.3, -0.25) is 9.59 Å². The van der Waals surface area contributed by atoms with Crippen LogP contribution in [0.4, 0.5) is 0 Å². The molecule has 16 heavy (non-hydrogen) atoms.